The first-order valence-corrected chi connectivity index (χ1v) is 12.5. The van der Waals surface area contributed by atoms with Gasteiger partial charge >= 0.3 is 0 Å². The smallest absolute Gasteiger partial charge is 0.255 e. The maximum absolute atomic E-state index is 12.9. The second-order valence-electron chi connectivity index (χ2n) is 7.24. The monoisotopic (exact) mass is 488 g/mol. The molecule has 33 heavy (non-hydrogen) atoms. The Balaban J connectivity index is 1.53. The van der Waals surface area contributed by atoms with Gasteiger partial charge < -0.3 is 19.5 Å². The van der Waals surface area contributed by atoms with Crippen molar-refractivity contribution in [2.75, 3.05) is 45.8 Å². The third-order valence-electron chi connectivity index (χ3n) is 5.20. The number of sulfonamides is 1. The van der Waals surface area contributed by atoms with E-state index in [1.165, 1.54) is 22.8 Å². The number of rotatable bonds is 7. The van der Waals surface area contributed by atoms with Crippen LogP contribution in [0.2, 0.25) is 0 Å². The number of thiophene rings is 1. The Kier molecular flexibility index (Phi) is 6.99. The average molecular weight is 489 g/mol. The minimum Gasteiger partial charge on any atom is -0.493 e. The topological polar surface area (TPSA) is 94.2 Å². The Morgan fingerprint density at radius 3 is 2.48 bits per heavy atom. The molecular weight excluding hydrogens is 464 g/mol. The predicted octanol–water partition coefficient (Wildman–Crippen LogP) is 3.71. The number of methoxy groups -OCH3 is 2. The molecule has 4 rings (SSSR count). The van der Waals surface area contributed by atoms with E-state index in [1.807, 2.05) is 6.07 Å². The molecule has 0 spiro atoms. The van der Waals surface area contributed by atoms with Gasteiger partial charge in [0.2, 0.25) is 0 Å². The number of amides is 1. The van der Waals surface area contributed by atoms with E-state index in [4.69, 9.17) is 14.2 Å². The lowest BCUT2D eigenvalue weighted by atomic mass is 10.1. The maximum Gasteiger partial charge on any atom is 0.255 e. The standard InChI is InChI=1S/C23H24N2O6S2/c1-29-19-7-6-18(15-20(19)30-2)24-23(26)17-5-3-4-16(14-17)21-8-9-22(32-21)33(27,28)25-10-12-31-13-11-25/h3-9,14-15H,10-13H2,1-2H3,(H,24,26). The van der Waals surface area contributed by atoms with Gasteiger partial charge in [0.1, 0.15) is 4.21 Å². The second kappa shape index (κ2) is 9.92. The van der Waals surface area contributed by atoms with Gasteiger partial charge in [0.15, 0.2) is 11.5 Å². The molecule has 0 aliphatic carbocycles. The Morgan fingerprint density at radius 2 is 1.76 bits per heavy atom. The molecule has 3 aromatic rings. The summed E-state index contributed by atoms with van der Waals surface area (Å²) in [6.45, 7) is 1.49. The third kappa shape index (κ3) is 5.03. The first-order valence-electron chi connectivity index (χ1n) is 10.2. The molecule has 0 bridgehead atoms. The zero-order valence-electron chi connectivity index (χ0n) is 18.2. The minimum absolute atomic E-state index is 0.277. The summed E-state index contributed by atoms with van der Waals surface area (Å²) >= 11 is 1.19. The number of anilines is 1. The fourth-order valence-corrected chi connectivity index (χ4v) is 6.32. The molecule has 2 heterocycles. The number of carbonyl (C=O) groups excluding carboxylic acids is 1. The van der Waals surface area contributed by atoms with Crippen molar-refractivity contribution in [3.8, 4) is 21.9 Å². The molecule has 1 aromatic heterocycles. The van der Waals surface area contributed by atoms with E-state index in [2.05, 4.69) is 5.32 Å². The van der Waals surface area contributed by atoms with E-state index in [0.29, 0.717) is 49.1 Å². The van der Waals surface area contributed by atoms with Crippen molar-refractivity contribution < 1.29 is 27.4 Å². The molecule has 1 amide bonds. The molecule has 1 fully saturated rings. The summed E-state index contributed by atoms with van der Waals surface area (Å²) < 4.78 is 43.3. The van der Waals surface area contributed by atoms with Crippen molar-refractivity contribution >= 4 is 33.0 Å². The molecule has 1 aliphatic rings. The largest absolute Gasteiger partial charge is 0.493 e. The van der Waals surface area contributed by atoms with E-state index in [-0.39, 0.29) is 10.1 Å². The summed E-state index contributed by atoms with van der Waals surface area (Å²) in [6, 6.07) is 15.6. The van der Waals surface area contributed by atoms with E-state index in [1.54, 1.807) is 55.6 Å². The highest BCUT2D eigenvalue weighted by Crippen LogP contribution is 2.33. The Morgan fingerprint density at radius 1 is 1.00 bits per heavy atom. The minimum atomic E-state index is -3.56. The van der Waals surface area contributed by atoms with Crippen molar-refractivity contribution in [2.45, 2.75) is 4.21 Å². The summed E-state index contributed by atoms with van der Waals surface area (Å²) in [4.78, 5) is 13.6. The normalized spacial score (nSPS) is 14.6. The number of benzene rings is 2. The van der Waals surface area contributed by atoms with Gasteiger partial charge in [-0.15, -0.1) is 11.3 Å². The quantitative estimate of drug-likeness (QED) is 0.545. The molecule has 8 nitrogen and oxygen atoms in total. The molecule has 1 aliphatic heterocycles. The Labute approximate surface area is 196 Å². The summed E-state index contributed by atoms with van der Waals surface area (Å²) in [5, 5.41) is 2.85. The molecule has 10 heteroatoms. The number of ether oxygens (including phenoxy) is 3. The highest BCUT2D eigenvalue weighted by atomic mass is 32.2. The number of hydrogen-bond acceptors (Lipinski definition) is 7. The molecule has 0 atom stereocenters. The molecule has 1 saturated heterocycles. The molecule has 174 valence electrons. The summed E-state index contributed by atoms with van der Waals surface area (Å²) in [5.74, 6) is 0.788. The SMILES string of the molecule is COc1ccc(NC(=O)c2cccc(-c3ccc(S(=O)(=O)N4CCOCC4)s3)c2)cc1OC. The lowest BCUT2D eigenvalue weighted by Crippen LogP contribution is -2.40. The first kappa shape index (κ1) is 23.2. The fourth-order valence-electron chi connectivity index (χ4n) is 3.46. The third-order valence-corrected chi connectivity index (χ3v) is 8.70. The molecule has 1 N–H and O–H groups in total. The van der Waals surface area contributed by atoms with Crippen molar-refractivity contribution in [1.29, 1.82) is 0 Å². The Bertz CT molecular complexity index is 1250. The van der Waals surface area contributed by atoms with Crippen LogP contribution in [0.15, 0.2) is 58.8 Å². The number of nitrogens with zero attached hydrogens (tertiary/aromatic N) is 1. The zero-order valence-corrected chi connectivity index (χ0v) is 19.9. The number of nitrogens with one attached hydrogen (secondary N) is 1. The zero-order chi connectivity index (χ0) is 23.4. The van der Waals surface area contributed by atoms with Crippen LogP contribution in [-0.4, -0.2) is 59.2 Å². The van der Waals surface area contributed by atoms with Gasteiger partial charge in [-0.2, -0.15) is 4.31 Å². The van der Waals surface area contributed by atoms with Gasteiger partial charge in [-0.25, -0.2) is 8.42 Å². The van der Waals surface area contributed by atoms with Crippen molar-refractivity contribution in [3.05, 3.63) is 60.2 Å². The summed E-state index contributed by atoms with van der Waals surface area (Å²) in [7, 11) is -0.484. The second-order valence-corrected chi connectivity index (χ2v) is 10.5. The average Bonchev–Trinajstić information content (AvgIpc) is 3.36. The lowest BCUT2D eigenvalue weighted by Gasteiger charge is -2.25. The maximum atomic E-state index is 12.9. The fraction of sp³-hybridized carbons (Fsp3) is 0.261. The van der Waals surface area contributed by atoms with Crippen molar-refractivity contribution in [2.24, 2.45) is 0 Å². The van der Waals surface area contributed by atoms with Crippen LogP contribution >= 0.6 is 11.3 Å². The van der Waals surface area contributed by atoms with Gasteiger partial charge in [0.25, 0.3) is 15.9 Å². The van der Waals surface area contributed by atoms with Crippen LogP contribution in [0.3, 0.4) is 0 Å². The molecular formula is C23H24N2O6S2. The number of carbonyl (C=O) groups is 1. The highest BCUT2D eigenvalue weighted by molar-refractivity contribution is 7.91. The van der Waals surface area contributed by atoms with Crippen LogP contribution in [0.4, 0.5) is 5.69 Å². The molecule has 0 saturated carbocycles. The molecule has 0 radical (unpaired) electrons. The summed E-state index contributed by atoms with van der Waals surface area (Å²) in [5.41, 5.74) is 1.79. The number of morpholine rings is 1. The first-order chi connectivity index (χ1) is 15.9. The van der Waals surface area contributed by atoms with Crippen LogP contribution in [0.1, 0.15) is 10.4 Å². The van der Waals surface area contributed by atoms with Crippen LogP contribution in [0.25, 0.3) is 10.4 Å². The van der Waals surface area contributed by atoms with Crippen LogP contribution < -0.4 is 14.8 Å². The van der Waals surface area contributed by atoms with Gasteiger partial charge in [-0.3, -0.25) is 4.79 Å². The van der Waals surface area contributed by atoms with Crippen molar-refractivity contribution in [1.82, 2.24) is 4.31 Å². The Hall–Kier alpha value is -2.92. The van der Waals surface area contributed by atoms with E-state index in [9.17, 15) is 13.2 Å². The van der Waals surface area contributed by atoms with Crippen LogP contribution in [-0.2, 0) is 14.8 Å². The number of hydrogen-bond donors (Lipinski definition) is 1. The lowest BCUT2D eigenvalue weighted by molar-refractivity contribution is 0.0731. The highest BCUT2D eigenvalue weighted by Gasteiger charge is 2.28. The molecule has 0 unspecified atom stereocenters. The van der Waals surface area contributed by atoms with Crippen LogP contribution in [0.5, 0.6) is 11.5 Å². The van der Waals surface area contributed by atoms with Gasteiger partial charge in [-0.05, 0) is 42.0 Å². The summed E-state index contributed by atoms with van der Waals surface area (Å²) in [6.07, 6.45) is 0. The van der Waals surface area contributed by atoms with Gasteiger partial charge in [0, 0.05) is 35.3 Å². The van der Waals surface area contributed by atoms with Gasteiger partial charge in [-0.1, -0.05) is 12.1 Å². The molecule has 2 aromatic carbocycles. The van der Waals surface area contributed by atoms with Gasteiger partial charge in [0.05, 0.1) is 27.4 Å². The van der Waals surface area contributed by atoms with Crippen molar-refractivity contribution in [3.63, 3.8) is 0 Å². The van der Waals surface area contributed by atoms with E-state index < -0.39 is 10.0 Å². The van der Waals surface area contributed by atoms with E-state index >= 15 is 0 Å². The predicted molar refractivity (Wildman–Crippen MR) is 127 cm³/mol. The van der Waals surface area contributed by atoms with E-state index in [0.717, 1.165) is 10.4 Å². The van der Waals surface area contributed by atoms with Crippen LogP contribution in [0, 0.1) is 0 Å².